The van der Waals surface area contributed by atoms with Crippen LogP contribution < -0.4 is 4.74 Å². The van der Waals surface area contributed by atoms with Crippen LogP contribution in [-0.4, -0.2) is 29.9 Å². The first kappa shape index (κ1) is 15.2. The molecule has 0 radical (unpaired) electrons. The quantitative estimate of drug-likeness (QED) is 0.814. The van der Waals surface area contributed by atoms with Crippen LogP contribution in [0.15, 0.2) is 54.0 Å². The van der Waals surface area contributed by atoms with E-state index in [-0.39, 0.29) is 0 Å². The molecule has 2 unspecified atom stereocenters. The molecule has 2 N–H and O–H groups in total. The van der Waals surface area contributed by atoms with E-state index < -0.39 is 12.6 Å². The van der Waals surface area contributed by atoms with E-state index in [0.717, 1.165) is 11.3 Å². The predicted octanol–water partition coefficient (Wildman–Crippen LogP) is 2.18. The monoisotopic (exact) mass is 290 g/mol. The second-order valence-corrected chi connectivity index (χ2v) is 4.47. The van der Waals surface area contributed by atoms with Gasteiger partial charge in [-0.2, -0.15) is 0 Å². The predicted molar refractivity (Wildman–Crippen MR) is 78.1 cm³/mol. The lowest BCUT2D eigenvalue weighted by molar-refractivity contribution is -0.0513. The molecule has 1 aromatic carbocycles. The van der Waals surface area contributed by atoms with E-state index >= 15 is 0 Å². The van der Waals surface area contributed by atoms with Crippen LogP contribution in [-0.2, 0) is 9.47 Å². The zero-order valence-corrected chi connectivity index (χ0v) is 11.9. The fourth-order valence-corrected chi connectivity index (χ4v) is 1.81. The summed E-state index contributed by atoms with van der Waals surface area (Å²) < 4.78 is 15.4. The van der Waals surface area contributed by atoms with E-state index in [2.05, 4.69) is 0 Å². The molecule has 0 spiro atoms. The lowest BCUT2D eigenvalue weighted by Gasteiger charge is -2.19. The Morgan fingerprint density at radius 2 is 2.00 bits per heavy atom. The van der Waals surface area contributed by atoms with Gasteiger partial charge in [0, 0.05) is 12.2 Å². The Morgan fingerprint density at radius 3 is 2.62 bits per heavy atom. The fourth-order valence-electron chi connectivity index (χ4n) is 1.81. The molecule has 2 rings (SSSR count). The summed E-state index contributed by atoms with van der Waals surface area (Å²) in [6, 6.07) is 7.39. The second kappa shape index (κ2) is 6.97. The Labute approximate surface area is 123 Å². The Hall–Kier alpha value is -2.24. The third-order valence-electron chi connectivity index (χ3n) is 2.78. The summed E-state index contributed by atoms with van der Waals surface area (Å²) in [4.78, 5) is 0. The normalized spacial score (nSPS) is 19.5. The highest BCUT2D eigenvalue weighted by Gasteiger charge is 2.13. The summed E-state index contributed by atoms with van der Waals surface area (Å²) in [6.45, 7) is 1.69. The highest BCUT2D eigenvalue weighted by atomic mass is 16.6. The maximum atomic E-state index is 9.81. The standard InChI is InChI=1S/C16H18O5/c1-11-9-14(10-16(18)20-11)21-15(17)8-5-12-3-6-13(19-2)7-4-12/h3-10,15-18H,1-2H3. The van der Waals surface area contributed by atoms with Crippen LogP contribution in [0.2, 0.25) is 0 Å². The van der Waals surface area contributed by atoms with Gasteiger partial charge in [-0.3, -0.25) is 0 Å². The third kappa shape index (κ3) is 4.66. The molecule has 0 saturated carbocycles. The van der Waals surface area contributed by atoms with Crippen LogP contribution in [0.25, 0.3) is 6.08 Å². The Kier molecular flexibility index (Phi) is 5.03. The van der Waals surface area contributed by atoms with Crippen molar-refractivity contribution in [3.8, 4) is 5.75 Å². The van der Waals surface area contributed by atoms with Crippen LogP contribution in [0.1, 0.15) is 12.5 Å². The van der Waals surface area contributed by atoms with Gasteiger partial charge in [-0.25, -0.2) is 0 Å². The number of aliphatic hydroxyl groups is 2. The van der Waals surface area contributed by atoms with E-state index in [0.29, 0.717) is 11.5 Å². The molecule has 2 atom stereocenters. The van der Waals surface area contributed by atoms with Crippen molar-refractivity contribution < 1.29 is 24.4 Å². The van der Waals surface area contributed by atoms with Crippen LogP contribution >= 0.6 is 0 Å². The van der Waals surface area contributed by atoms with Crippen molar-refractivity contribution >= 4 is 6.08 Å². The van der Waals surface area contributed by atoms with Crippen molar-refractivity contribution in [3.63, 3.8) is 0 Å². The van der Waals surface area contributed by atoms with Gasteiger partial charge in [0.15, 0.2) is 0 Å². The van der Waals surface area contributed by atoms with Crippen LogP contribution in [0.5, 0.6) is 5.75 Å². The average molecular weight is 290 g/mol. The molecule has 0 saturated heterocycles. The molecular weight excluding hydrogens is 272 g/mol. The van der Waals surface area contributed by atoms with E-state index in [1.165, 1.54) is 12.2 Å². The highest BCUT2D eigenvalue weighted by molar-refractivity contribution is 5.50. The molecule has 0 bridgehead atoms. The summed E-state index contributed by atoms with van der Waals surface area (Å²) in [5.41, 5.74) is 0.908. The molecule has 0 fully saturated rings. The number of hydrogen-bond donors (Lipinski definition) is 2. The van der Waals surface area contributed by atoms with Crippen LogP contribution in [0.3, 0.4) is 0 Å². The van der Waals surface area contributed by atoms with E-state index in [1.807, 2.05) is 24.3 Å². The Morgan fingerprint density at radius 1 is 1.29 bits per heavy atom. The molecule has 0 aliphatic carbocycles. The maximum absolute atomic E-state index is 9.81. The number of allylic oxidation sites excluding steroid dienone is 2. The Bertz CT molecular complexity index is 557. The average Bonchev–Trinajstić information content (AvgIpc) is 2.44. The molecule has 1 aromatic rings. The third-order valence-corrected chi connectivity index (χ3v) is 2.78. The van der Waals surface area contributed by atoms with E-state index in [1.54, 1.807) is 26.2 Å². The zero-order valence-electron chi connectivity index (χ0n) is 11.9. The maximum Gasteiger partial charge on any atom is 0.220 e. The van der Waals surface area contributed by atoms with Gasteiger partial charge < -0.3 is 24.4 Å². The number of hydrogen-bond acceptors (Lipinski definition) is 5. The van der Waals surface area contributed by atoms with Gasteiger partial charge in [-0.05, 0) is 30.7 Å². The fraction of sp³-hybridized carbons (Fsp3) is 0.250. The topological polar surface area (TPSA) is 68.2 Å². The summed E-state index contributed by atoms with van der Waals surface area (Å²) in [5.74, 6) is 1.65. The second-order valence-electron chi connectivity index (χ2n) is 4.47. The van der Waals surface area contributed by atoms with Crippen molar-refractivity contribution in [3.05, 3.63) is 59.6 Å². The van der Waals surface area contributed by atoms with Crippen LogP contribution in [0, 0.1) is 0 Å². The molecule has 5 heteroatoms. The van der Waals surface area contributed by atoms with Crippen molar-refractivity contribution in [1.29, 1.82) is 0 Å². The van der Waals surface area contributed by atoms with E-state index in [9.17, 15) is 10.2 Å². The number of methoxy groups -OCH3 is 1. The first-order valence-corrected chi connectivity index (χ1v) is 6.48. The summed E-state index contributed by atoms with van der Waals surface area (Å²) in [7, 11) is 1.61. The lowest BCUT2D eigenvalue weighted by Crippen LogP contribution is -2.16. The molecule has 112 valence electrons. The highest BCUT2D eigenvalue weighted by Crippen LogP contribution is 2.17. The van der Waals surface area contributed by atoms with Gasteiger partial charge in [0.2, 0.25) is 12.6 Å². The minimum atomic E-state index is -1.12. The first-order chi connectivity index (χ1) is 10.1. The van der Waals surface area contributed by atoms with Gasteiger partial charge in [-0.1, -0.05) is 18.2 Å². The van der Waals surface area contributed by atoms with Crippen molar-refractivity contribution in [2.75, 3.05) is 7.11 Å². The number of benzene rings is 1. The zero-order chi connectivity index (χ0) is 15.2. The minimum Gasteiger partial charge on any atom is -0.497 e. The number of ether oxygens (including phenoxy) is 3. The first-order valence-electron chi connectivity index (χ1n) is 6.48. The molecule has 0 aromatic heterocycles. The van der Waals surface area contributed by atoms with Gasteiger partial charge in [0.25, 0.3) is 0 Å². The van der Waals surface area contributed by atoms with Crippen molar-refractivity contribution in [1.82, 2.24) is 0 Å². The molecule has 1 aliphatic heterocycles. The minimum absolute atomic E-state index is 0.359. The van der Waals surface area contributed by atoms with Gasteiger partial charge in [-0.15, -0.1) is 0 Å². The molecule has 1 aliphatic rings. The Balaban J connectivity index is 1.94. The number of aliphatic hydroxyl groups excluding tert-OH is 2. The van der Waals surface area contributed by atoms with Crippen molar-refractivity contribution in [2.24, 2.45) is 0 Å². The van der Waals surface area contributed by atoms with Gasteiger partial charge in [0.05, 0.1) is 7.11 Å². The van der Waals surface area contributed by atoms with Gasteiger partial charge in [0.1, 0.15) is 17.3 Å². The molecule has 5 nitrogen and oxygen atoms in total. The molecule has 21 heavy (non-hydrogen) atoms. The van der Waals surface area contributed by atoms with Gasteiger partial charge >= 0.3 is 0 Å². The summed E-state index contributed by atoms with van der Waals surface area (Å²) in [5, 5.41) is 19.2. The molecular formula is C16H18O5. The SMILES string of the molecule is COc1ccc(C=CC(O)OC2=CC(O)OC(C)=C2)cc1. The van der Waals surface area contributed by atoms with Crippen LogP contribution in [0.4, 0.5) is 0 Å². The smallest absolute Gasteiger partial charge is 0.220 e. The summed E-state index contributed by atoms with van der Waals surface area (Å²) >= 11 is 0. The van der Waals surface area contributed by atoms with E-state index in [4.69, 9.17) is 14.2 Å². The molecule has 1 heterocycles. The largest absolute Gasteiger partial charge is 0.497 e. The number of rotatable bonds is 5. The molecule has 0 amide bonds. The lowest BCUT2D eigenvalue weighted by atomic mass is 10.2. The van der Waals surface area contributed by atoms with Crippen molar-refractivity contribution in [2.45, 2.75) is 19.5 Å². The summed E-state index contributed by atoms with van der Waals surface area (Å²) in [6.07, 6.45) is 4.04.